The molecule has 0 heterocycles. The molecule has 2 aromatic rings. The highest BCUT2D eigenvalue weighted by Crippen LogP contribution is 2.28. The van der Waals surface area contributed by atoms with Gasteiger partial charge in [0.25, 0.3) is 0 Å². The van der Waals surface area contributed by atoms with E-state index in [4.69, 9.17) is 9.47 Å². The first kappa shape index (κ1) is 16.4. The van der Waals surface area contributed by atoms with Crippen molar-refractivity contribution in [3.8, 4) is 11.5 Å². The van der Waals surface area contributed by atoms with E-state index in [1.807, 2.05) is 25.1 Å². The van der Waals surface area contributed by atoms with Crippen LogP contribution in [0, 0.1) is 0 Å². The maximum Gasteiger partial charge on any atom is 0.161 e. The van der Waals surface area contributed by atoms with Crippen LogP contribution in [-0.2, 0) is 6.54 Å². The molecule has 3 nitrogen and oxygen atoms in total. The number of nitrogens with one attached hydrogen (secondary N) is 1. The van der Waals surface area contributed by atoms with Gasteiger partial charge in [0.15, 0.2) is 11.5 Å². The lowest BCUT2D eigenvalue weighted by Gasteiger charge is -2.18. The standard InChI is InChI=1S/C19H25NO2/c1-4-17(16-9-7-6-8-10-16)20-14-15-11-12-18(22-5-2)19(13-15)21-3/h6-13,17,20H,4-5,14H2,1-3H3. The summed E-state index contributed by atoms with van der Waals surface area (Å²) in [4.78, 5) is 0. The zero-order valence-corrected chi connectivity index (χ0v) is 13.6. The summed E-state index contributed by atoms with van der Waals surface area (Å²) in [6, 6.07) is 17.0. The van der Waals surface area contributed by atoms with Crippen molar-refractivity contribution in [3.05, 3.63) is 59.7 Å². The number of ether oxygens (including phenoxy) is 2. The quantitative estimate of drug-likeness (QED) is 0.786. The molecule has 0 spiro atoms. The molecule has 0 amide bonds. The third-order valence-electron chi connectivity index (χ3n) is 3.69. The van der Waals surface area contributed by atoms with E-state index in [2.05, 4.69) is 42.6 Å². The monoisotopic (exact) mass is 299 g/mol. The zero-order valence-electron chi connectivity index (χ0n) is 13.6. The van der Waals surface area contributed by atoms with Crippen molar-refractivity contribution in [2.24, 2.45) is 0 Å². The van der Waals surface area contributed by atoms with E-state index in [9.17, 15) is 0 Å². The summed E-state index contributed by atoms with van der Waals surface area (Å²) in [5, 5.41) is 3.61. The highest BCUT2D eigenvalue weighted by Gasteiger charge is 2.09. The number of hydrogen-bond donors (Lipinski definition) is 1. The minimum Gasteiger partial charge on any atom is -0.493 e. The van der Waals surface area contributed by atoms with Crippen LogP contribution in [0.1, 0.15) is 37.4 Å². The van der Waals surface area contributed by atoms with Crippen molar-refractivity contribution in [1.29, 1.82) is 0 Å². The van der Waals surface area contributed by atoms with Crippen molar-refractivity contribution in [3.63, 3.8) is 0 Å². The molecule has 0 saturated heterocycles. The molecule has 1 unspecified atom stereocenters. The Hall–Kier alpha value is -2.00. The lowest BCUT2D eigenvalue weighted by atomic mass is 10.0. The number of methoxy groups -OCH3 is 1. The van der Waals surface area contributed by atoms with Crippen LogP contribution in [0.25, 0.3) is 0 Å². The maximum absolute atomic E-state index is 5.55. The molecule has 2 aromatic carbocycles. The van der Waals surface area contributed by atoms with Crippen LogP contribution in [0.5, 0.6) is 11.5 Å². The summed E-state index contributed by atoms with van der Waals surface area (Å²) in [6.45, 7) is 5.61. The molecular weight excluding hydrogens is 274 g/mol. The van der Waals surface area contributed by atoms with Gasteiger partial charge >= 0.3 is 0 Å². The summed E-state index contributed by atoms with van der Waals surface area (Å²) in [5.41, 5.74) is 2.51. The molecule has 1 atom stereocenters. The largest absolute Gasteiger partial charge is 0.493 e. The number of rotatable bonds is 8. The van der Waals surface area contributed by atoms with Gasteiger partial charge in [-0.05, 0) is 36.6 Å². The van der Waals surface area contributed by atoms with Gasteiger partial charge in [-0.15, -0.1) is 0 Å². The topological polar surface area (TPSA) is 30.5 Å². The van der Waals surface area contributed by atoms with Gasteiger partial charge in [0.05, 0.1) is 13.7 Å². The summed E-state index contributed by atoms with van der Waals surface area (Å²) in [7, 11) is 1.67. The summed E-state index contributed by atoms with van der Waals surface area (Å²) < 4.78 is 11.0. The average Bonchev–Trinajstić information content (AvgIpc) is 2.57. The smallest absolute Gasteiger partial charge is 0.161 e. The minimum atomic E-state index is 0.360. The predicted molar refractivity (Wildman–Crippen MR) is 90.5 cm³/mol. The molecule has 0 bridgehead atoms. The molecule has 22 heavy (non-hydrogen) atoms. The van der Waals surface area contributed by atoms with Gasteiger partial charge in [0, 0.05) is 12.6 Å². The fourth-order valence-electron chi connectivity index (χ4n) is 2.52. The van der Waals surface area contributed by atoms with Gasteiger partial charge in [-0.2, -0.15) is 0 Å². The second-order valence-electron chi connectivity index (χ2n) is 5.17. The normalized spacial score (nSPS) is 12.0. The predicted octanol–water partition coefficient (Wildman–Crippen LogP) is 4.33. The first-order valence-corrected chi connectivity index (χ1v) is 7.86. The Balaban J connectivity index is 2.04. The van der Waals surface area contributed by atoms with Crippen LogP contribution >= 0.6 is 0 Å². The highest BCUT2D eigenvalue weighted by molar-refractivity contribution is 5.43. The Bertz CT molecular complexity index is 569. The van der Waals surface area contributed by atoms with Gasteiger partial charge in [-0.3, -0.25) is 0 Å². The van der Waals surface area contributed by atoms with E-state index in [1.54, 1.807) is 7.11 Å². The van der Waals surface area contributed by atoms with E-state index in [-0.39, 0.29) is 0 Å². The Labute approximate surface area is 133 Å². The molecule has 0 aliphatic carbocycles. The van der Waals surface area contributed by atoms with Crippen LogP contribution in [0.2, 0.25) is 0 Å². The van der Waals surface area contributed by atoms with Crippen LogP contribution in [0.3, 0.4) is 0 Å². The Morgan fingerprint density at radius 1 is 1.00 bits per heavy atom. The zero-order chi connectivity index (χ0) is 15.8. The van der Waals surface area contributed by atoms with Gasteiger partial charge in [-0.1, -0.05) is 43.3 Å². The first-order valence-electron chi connectivity index (χ1n) is 7.86. The summed E-state index contributed by atoms with van der Waals surface area (Å²) in [6.07, 6.45) is 1.05. The van der Waals surface area contributed by atoms with Crippen molar-refractivity contribution < 1.29 is 9.47 Å². The second-order valence-corrected chi connectivity index (χ2v) is 5.17. The Morgan fingerprint density at radius 3 is 2.41 bits per heavy atom. The van der Waals surface area contributed by atoms with Crippen molar-refractivity contribution in [2.45, 2.75) is 32.9 Å². The maximum atomic E-state index is 5.55. The lowest BCUT2D eigenvalue weighted by Crippen LogP contribution is -2.20. The van der Waals surface area contributed by atoms with Gasteiger partial charge in [0.1, 0.15) is 0 Å². The molecule has 0 saturated carbocycles. The van der Waals surface area contributed by atoms with Crippen molar-refractivity contribution >= 4 is 0 Å². The van der Waals surface area contributed by atoms with E-state index in [1.165, 1.54) is 11.1 Å². The number of hydrogen-bond acceptors (Lipinski definition) is 3. The van der Waals surface area contributed by atoms with Crippen molar-refractivity contribution in [2.75, 3.05) is 13.7 Å². The molecule has 1 N–H and O–H groups in total. The van der Waals surface area contributed by atoms with E-state index < -0.39 is 0 Å². The van der Waals surface area contributed by atoms with Gasteiger partial charge in [0.2, 0.25) is 0 Å². The third kappa shape index (κ3) is 4.25. The summed E-state index contributed by atoms with van der Waals surface area (Å²) in [5.74, 6) is 1.58. The molecule has 0 aliphatic heterocycles. The van der Waals surface area contributed by atoms with Gasteiger partial charge < -0.3 is 14.8 Å². The molecular formula is C19H25NO2. The van der Waals surface area contributed by atoms with Crippen LogP contribution in [0.15, 0.2) is 48.5 Å². The molecule has 0 fully saturated rings. The number of benzene rings is 2. The van der Waals surface area contributed by atoms with Crippen LogP contribution < -0.4 is 14.8 Å². The second kappa shape index (κ2) is 8.44. The van der Waals surface area contributed by atoms with Crippen molar-refractivity contribution in [1.82, 2.24) is 5.32 Å². The molecule has 0 aromatic heterocycles. The fourth-order valence-corrected chi connectivity index (χ4v) is 2.52. The van der Waals surface area contributed by atoms with Gasteiger partial charge in [-0.25, -0.2) is 0 Å². The van der Waals surface area contributed by atoms with Crippen LogP contribution in [0.4, 0.5) is 0 Å². The molecule has 0 aliphatic rings. The first-order chi connectivity index (χ1) is 10.8. The Kier molecular flexibility index (Phi) is 6.28. The van der Waals surface area contributed by atoms with E-state index in [0.29, 0.717) is 12.6 Å². The minimum absolute atomic E-state index is 0.360. The van der Waals surface area contributed by atoms with E-state index in [0.717, 1.165) is 24.5 Å². The fraction of sp³-hybridized carbons (Fsp3) is 0.368. The summed E-state index contributed by atoms with van der Waals surface area (Å²) >= 11 is 0. The molecule has 118 valence electrons. The molecule has 0 radical (unpaired) electrons. The Morgan fingerprint density at radius 2 is 1.77 bits per heavy atom. The highest BCUT2D eigenvalue weighted by atomic mass is 16.5. The average molecular weight is 299 g/mol. The lowest BCUT2D eigenvalue weighted by molar-refractivity contribution is 0.310. The molecule has 3 heteroatoms. The molecule has 2 rings (SSSR count). The van der Waals surface area contributed by atoms with Crippen LogP contribution in [-0.4, -0.2) is 13.7 Å². The SMILES string of the molecule is CCOc1ccc(CNC(CC)c2ccccc2)cc1OC. The van der Waals surface area contributed by atoms with E-state index >= 15 is 0 Å². The third-order valence-corrected chi connectivity index (χ3v) is 3.69.